The molecule has 10 heavy (non-hydrogen) atoms. The molecule has 0 amide bonds. The van der Waals surface area contributed by atoms with E-state index in [9.17, 15) is 0 Å². The molecule has 1 atom stereocenters. The maximum Gasteiger partial charge on any atom is 0.154 e. The molecule has 1 aromatic heterocycles. The van der Waals surface area contributed by atoms with Crippen LogP contribution in [0, 0.1) is 0 Å². The Morgan fingerprint density at radius 2 is 2.40 bits per heavy atom. The second-order valence-electron chi connectivity index (χ2n) is 2.00. The lowest BCUT2D eigenvalue weighted by Crippen LogP contribution is -2.13. The van der Waals surface area contributed by atoms with Crippen LogP contribution in [0.5, 0.6) is 5.75 Å². The van der Waals surface area contributed by atoms with Crippen molar-refractivity contribution in [3.8, 4) is 5.75 Å². The van der Waals surface area contributed by atoms with E-state index in [-0.39, 0.29) is 12.4 Å². The lowest BCUT2D eigenvalue weighted by molar-refractivity contribution is 0.252. The highest BCUT2D eigenvalue weighted by molar-refractivity contribution is 5.19. The van der Waals surface area contributed by atoms with Gasteiger partial charge >= 0.3 is 0 Å². The van der Waals surface area contributed by atoms with Crippen LogP contribution in [0.15, 0.2) is 16.7 Å². The molecule has 1 aromatic rings. The summed E-state index contributed by atoms with van der Waals surface area (Å²) in [7, 11) is 0. The van der Waals surface area contributed by atoms with Gasteiger partial charge in [-0.15, -0.1) is 0 Å². The van der Waals surface area contributed by atoms with E-state index >= 15 is 0 Å². The predicted molar refractivity (Wildman–Crippen MR) is 34.4 cm³/mol. The summed E-state index contributed by atoms with van der Waals surface area (Å²) in [6, 6.07) is 0.835. The number of aliphatic hydroxyl groups excluding tert-OH is 1. The number of hydrogen-bond donors (Lipinski definition) is 3. The molecule has 0 aromatic carbocycles. The maximum atomic E-state index is 8.77. The molecule has 56 valence electrons. The molecule has 0 bridgehead atoms. The highest BCUT2D eigenvalue weighted by atomic mass is 16.4. The fourth-order valence-corrected chi connectivity index (χ4v) is 0.627. The Balaban J connectivity index is 2.74. The van der Waals surface area contributed by atoms with Crippen molar-refractivity contribution >= 4 is 0 Å². The largest absolute Gasteiger partial charge is 0.505 e. The minimum atomic E-state index is -0.541. The second kappa shape index (κ2) is 2.72. The van der Waals surface area contributed by atoms with Crippen molar-refractivity contribution in [1.29, 1.82) is 0 Å². The van der Waals surface area contributed by atoms with Crippen LogP contribution in [0.3, 0.4) is 0 Å². The van der Waals surface area contributed by atoms with Crippen LogP contribution in [0.25, 0.3) is 0 Å². The molecule has 0 saturated heterocycles. The van der Waals surface area contributed by atoms with Crippen molar-refractivity contribution in [1.82, 2.24) is 0 Å². The quantitative estimate of drug-likeness (QED) is 0.543. The number of aliphatic hydroxyl groups is 1. The van der Waals surface area contributed by atoms with Gasteiger partial charge in [0.2, 0.25) is 0 Å². The monoisotopic (exact) mass is 143 g/mol. The molecule has 0 aliphatic heterocycles. The van der Waals surface area contributed by atoms with Gasteiger partial charge in [0, 0.05) is 6.07 Å². The van der Waals surface area contributed by atoms with Crippen LogP contribution < -0.4 is 5.73 Å². The molecule has 0 radical (unpaired) electrons. The smallest absolute Gasteiger partial charge is 0.154 e. The van der Waals surface area contributed by atoms with Crippen LogP contribution in [-0.2, 0) is 0 Å². The van der Waals surface area contributed by atoms with Crippen LogP contribution in [0.2, 0.25) is 0 Å². The number of aromatic hydroxyl groups is 1. The van der Waals surface area contributed by atoms with E-state index in [0.29, 0.717) is 5.76 Å². The van der Waals surface area contributed by atoms with E-state index in [1.165, 1.54) is 12.3 Å². The van der Waals surface area contributed by atoms with Crippen LogP contribution in [-0.4, -0.2) is 16.8 Å². The first-order valence-corrected chi connectivity index (χ1v) is 2.88. The maximum absolute atomic E-state index is 8.77. The Bertz CT molecular complexity index is 209. The van der Waals surface area contributed by atoms with Crippen molar-refractivity contribution in [2.75, 3.05) is 6.61 Å². The summed E-state index contributed by atoms with van der Waals surface area (Å²) in [6.45, 7) is -0.188. The summed E-state index contributed by atoms with van der Waals surface area (Å²) in [5.41, 5.74) is 5.35. The van der Waals surface area contributed by atoms with Gasteiger partial charge in [0.25, 0.3) is 0 Å². The Morgan fingerprint density at radius 3 is 2.80 bits per heavy atom. The second-order valence-corrected chi connectivity index (χ2v) is 2.00. The molecule has 0 aliphatic rings. The molecule has 0 saturated carbocycles. The molecule has 1 heterocycles. The Hall–Kier alpha value is -1.00. The molecular formula is C6H9NO3. The highest BCUT2D eigenvalue weighted by Crippen LogP contribution is 2.17. The highest BCUT2D eigenvalue weighted by Gasteiger charge is 2.08. The standard InChI is InChI=1S/C6H9NO3/c7-5(2-8)6-1-4(9)3-10-6/h1,3,5,8-9H,2,7H2. The van der Waals surface area contributed by atoms with Crippen LogP contribution >= 0.6 is 0 Å². The van der Waals surface area contributed by atoms with E-state index in [1.54, 1.807) is 0 Å². The van der Waals surface area contributed by atoms with Crippen molar-refractivity contribution in [2.45, 2.75) is 6.04 Å². The fraction of sp³-hybridized carbons (Fsp3) is 0.333. The zero-order valence-corrected chi connectivity index (χ0v) is 5.32. The lowest BCUT2D eigenvalue weighted by Gasteiger charge is -2.00. The van der Waals surface area contributed by atoms with Crippen LogP contribution in [0.1, 0.15) is 11.8 Å². The Morgan fingerprint density at radius 1 is 1.70 bits per heavy atom. The normalized spacial score (nSPS) is 13.4. The minimum absolute atomic E-state index is 0.0268. The SMILES string of the molecule is NC(CO)c1cc(O)co1. The van der Waals surface area contributed by atoms with Gasteiger partial charge in [0.1, 0.15) is 12.0 Å². The molecule has 4 nitrogen and oxygen atoms in total. The average Bonchev–Trinajstić information content (AvgIpc) is 2.34. The number of rotatable bonds is 2. The van der Waals surface area contributed by atoms with Crippen molar-refractivity contribution in [2.24, 2.45) is 5.73 Å². The molecule has 0 spiro atoms. The van der Waals surface area contributed by atoms with Gasteiger partial charge in [-0.05, 0) is 0 Å². The van der Waals surface area contributed by atoms with E-state index in [4.69, 9.17) is 20.4 Å². The van der Waals surface area contributed by atoms with Gasteiger partial charge in [-0.3, -0.25) is 0 Å². The summed E-state index contributed by atoms with van der Waals surface area (Å²) in [4.78, 5) is 0. The lowest BCUT2D eigenvalue weighted by atomic mass is 10.2. The molecule has 4 N–H and O–H groups in total. The van der Waals surface area contributed by atoms with E-state index < -0.39 is 6.04 Å². The Kier molecular flexibility index (Phi) is 1.94. The van der Waals surface area contributed by atoms with Gasteiger partial charge in [-0.1, -0.05) is 0 Å². The summed E-state index contributed by atoms with van der Waals surface area (Å²) in [6.07, 6.45) is 1.17. The summed E-state index contributed by atoms with van der Waals surface area (Å²) < 4.78 is 4.78. The predicted octanol–water partition coefficient (Wildman–Crippen LogP) is -0.0227. The first kappa shape index (κ1) is 7.11. The molecule has 4 heteroatoms. The van der Waals surface area contributed by atoms with Gasteiger partial charge < -0.3 is 20.4 Å². The number of hydrogen-bond acceptors (Lipinski definition) is 4. The summed E-state index contributed by atoms with van der Waals surface area (Å²) >= 11 is 0. The first-order valence-electron chi connectivity index (χ1n) is 2.88. The number of nitrogens with two attached hydrogens (primary N) is 1. The van der Waals surface area contributed by atoms with Crippen molar-refractivity contribution in [3.63, 3.8) is 0 Å². The topological polar surface area (TPSA) is 79.6 Å². The molecular weight excluding hydrogens is 134 g/mol. The molecule has 0 aliphatic carbocycles. The van der Waals surface area contributed by atoms with Crippen LogP contribution in [0.4, 0.5) is 0 Å². The fourth-order valence-electron chi connectivity index (χ4n) is 0.627. The summed E-state index contributed by atoms with van der Waals surface area (Å²) in [5, 5.41) is 17.3. The van der Waals surface area contributed by atoms with Gasteiger partial charge in [0.15, 0.2) is 5.75 Å². The zero-order valence-electron chi connectivity index (χ0n) is 5.32. The van der Waals surface area contributed by atoms with E-state index in [1.807, 2.05) is 0 Å². The van der Waals surface area contributed by atoms with Crippen molar-refractivity contribution in [3.05, 3.63) is 18.1 Å². The summed E-state index contributed by atoms with van der Waals surface area (Å²) in [5.74, 6) is 0.416. The third kappa shape index (κ3) is 1.29. The van der Waals surface area contributed by atoms with E-state index in [2.05, 4.69) is 0 Å². The van der Waals surface area contributed by atoms with E-state index in [0.717, 1.165) is 0 Å². The van der Waals surface area contributed by atoms with Crippen molar-refractivity contribution < 1.29 is 14.6 Å². The first-order chi connectivity index (χ1) is 4.74. The average molecular weight is 143 g/mol. The minimum Gasteiger partial charge on any atom is -0.505 e. The molecule has 1 unspecified atom stereocenters. The van der Waals surface area contributed by atoms with Gasteiger partial charge in [-0.2, -0.15) is 0 Å². The van der Waals surface area contributed by atoms with Gasteiger partial charge in [-0.25, -0.2) is 0 Å². The third-order valence-electron chi connectivity index (χ3n) is 1.17. The van der Waals surface area contributed by atoms with Gasteiger partial charge in [0.05, 0.1) is 12.6 Å². The number of furan rings is 1. The third-order valence-corrected chi connectivity index (χ3v) is 1.17. The zero-order chi connectivity index (χ0) is 7.56. The molecule has 1 rings (SSSR count). The molecule has 0 fully saturated rings. The Labute approximate surface area is 57.9 Å².